The Morgan fingerprint density at radius 3 is 2.81 bits per heavy atom. The molecule has 1 N–H and O–H groups in total. The molecule has 1 saturated carbocycles. The van der Waals surface area contributed by atoms with Crippen molar-refractivity contribution in [3.05, 3.63) is 12.2 Å². The van der Waals surface area contributed by atoms with Crippen LogP contribution in [0.25, 0.3) is 0 Å². The van der Waals surface area contributed by atoms with E-state index >= 15 is 0 Å². The van der Waals surface area contributed by atoms with E-state index in [9.17, 15) is 0 Å². The van der Waals surface area contributed by atoms with Crippen LogP contribution >= 0.6 is 0 Å². The third kappa shape index (κ3) is 3.08. The Labute approximate surface area is 100 Å². The highest BCUT2D eigenvalue weighted by atomic mass is 15.2. The molecule has 2 rings (SSSR count). The zero-order valence-electron chi connectivity index (χ0n) is 10.7. The standard InChI is InChI=1S/C14H26N2/c1-2-3-7-11-16-12-10-15-14(13-16)8-5-4-6-9-14/h2-3,15H,4-13H2,1H3/b3-2+. The van der Waals surface area contributed by atoms with Gasteiger partial charge in [-0.3, -0.25) is 4.90 Å². The predicted molar refractivity (Wildman–Crippen MR) is 69.7 cm³/mol. The van der Waals surface area contributed by atoms with Crippen molar-refractivity contribution < 1.29 is 0 Å². The Hall–Kier alpha value is -0.340. The minimum Gasteiger partial charge on any atom is -0.309 e. The lowest BCUT2D eigenvalue weighted by atomic mass is 9.80. The summed E-state index contributed by atoms with van der Waals surface area (Å²) < 4.78 is 0. The second-order valence-electron chi connectivity index (χ2n) is 5.40. The predicted octanol–water partition coefficient (Wildman–Crippen LogP) is 2.56. The van der Waals surface area contributed by atoms with Crippen molar-refractivity contribution in [3.63, 3.8) is 0 Å². The van der Waals surface area contributed by atoms with Crippen LogP contribution in [0.5, 0.6) is 0 Å². The van der Waals surface area contributed by atoms with Crippen LogP contribution in [0.4, 0.5) is 0 Å². The summed E-state index contributed by atoms with van der Waals surface area (Å²) >= 11 is 0. The molecular weight excluding hydrogens is 196 g/mol. The molecule has 1 saturated heterocycles. The summed E-state index contributed by atoms with van der Waals surface area (Å²) in [5.41, 5.74) is 0.479. The topological polar surface area (TPSA) is 15.3 Å². The molecule has 92 valence electrons. The van der Waals surface area contributed by atoms with Crippen LogP contribution in [0.3, 0.4) is 0 Å². The molecule has 0 radical (unpaired) electrons. The molecule has 2 fully saturated rings. The first-order chi connectivity index (χ1) is 7.85. The molecule has 2 nitrogen and oxygen atoms in total. The summed E-state index contributed by atoms with van der Waals surface area (Å²) in [4.78, 5) is 2.65. The fourth-order valence-corrected chi connectivity index (χ4v) is 3.22. The first-order valence-electron chi connectivity index (χ1n) is 6.93. The van der Waals surface area contributed by atoms with E-state index in [1.165, 1.54) is 64.7 Å². The van der Waals surface area contributed by atoms with Gasteiger partial charge in [-0.1, -0.05) is 31.4 Å². The average Bonchev–Trinajstić information content (AvgIpc) is 2.31. The zero-order chi connectivity index (χ0) is 11.3. The van der Waals surface area contributed by atoms with Gasteiger partial charge in [-0.05, 0) is 26.2 Å². The molecule has 0 unspecified atom stereocenters. The van der Waals surface area contributed by atoms with Crippen LogP contribution in [-0.4, -0.2) is 36.6 Å². The van der Waals surface area contributed by atoms with Gasteiger partial charge >= 0.3 is 0 Å². The monoisotopic (exact) mass is 222 g/mol. The SMILES string of the molecule is C/C=C/CCN1CCNC2(CCCCC2)C1. The summed E-state index contributed by atoms with van der Waals surface area (Å²) in [6.45, 7) is 7.06. The number of nitrogens with one attached hydrogen (secondary N) is 1. The first kappa shape index (κ1) is 12.1. The van der Waals surface area contributed by atoms with Gasteiger partial charge in [0.15, 0.2) is 0 Å². The Morgan fingerprint density at radius 1 is 1.25 bits per heavy atom. The van der Waals surface area contributed by atoms with E-state index in [4.69, 9.17) is 0 Å². The third-order valence-electron chi connectivity index (χ3n) is 4.11. The quantitative estimate of drug-likeness (QED) is 0.738. The van der Waals surface area contributed by atoms with E-state index in [-0.39, 0.29) is 0 Å². The maximum atomic E-state index is 3.80. The van der Waals surface area contributed by atoms with E-state index in [1.54, 1.807) is 0 Å². The molecule has 2 heteroatoms. The smallest absolute Gasteiger partial charge is 0.0309 e. The molecule has 0 aromatic heterocycles. The second-order valence-corrected chi connectivity index (χ2v) is 5.40. The normalized spacial score (nSPS) is 26.6. The third-order valence-corrected chi connectivity index (χ3v) is 4.11. The number of rotatable bonds is 3. The molecule has 0 amide bonds. The number of piperazine rings is 1. The van der Waals surface area contributed by atoms with Gasteiger partial charge in [0.2, 0.25) is 0 Å². The number of allylic oxidation sites excluding steroid dienone is 1. The van der Waals surface area contributed by atoms with E-state index < -0.39 is 0 Å². The molecule has 16 heavy (non-hydrogen) atoms. The molecular formula is C14H26N2. The lowest BCUT2D eigenvalue weighted by Gasteiger charge is -2.46. The summed E-state index contributed by atoms with van der Waals surface area (Å²) in [7, 11) is 0. The summed E-state index contributed by atoms with van der Waals surface area (Å²) in [5, 5.41) is 3.80. The maximum Gasteiger partial charge on any atom is 0.0309 e. The Morgan fingerprint density at radius 2 is 2.06 bits per heavy atom. The fraction of sp³-hybridized carbons (Fsp3) is 0.857. The highest BCUT2D eigenvalue weighted by Crippen LogP contribution is 2.30. The number of nitrogens with zero attached hydrogens (tertiary/aromatic N) is 1. The van der Waals surface area contributed by atoms with Gasteiger partial charge in [0, 0.05) is 31.7 Å². The molecule has 1 heterocycles. The minimum atomic E-state index is 0.479. The largest absolute Gasteiger partial charge is 0.309 e. The molecule has 0 bridgehead atoms. The molecule has 0 aromatic rings. The fourth-order valence-electron chi connectivity index (χ4n) is 3.22. The first-order valence-corrected chi connectivity index (χ1v) is 6.93. The Bertz CT molecular complexity index is 223. The highest BCUT2D eigenvalue weighted by Gasteiger charge is 2.35. The van der Waals surface area contributed by atoms with Crippen molar-refractivity contribution >= 4 is 0 Å². The van der Waals surface area contributed by atoms with Crippen molar-refractivity contribution in [3.8, 4) is 0 Å². The van der Waals surface area contributed by atoms with E-state index in [0.29, 0.717) is 5.54 Å². The van der Waals surface area contributed by atoms with Gasteiger partial charge in [0.05, 0.1) is 0 Å². The van der Waals surface area contributed by atoms with Crippen molar-refractivity contribution in [2.45, 2.75) is 51.0 Å². The van der Waals surface area contributed by atoms with Gasteiger partial charge in [-0.25, -0.2) is 0 Å². The van der Waals surface area contributed by atoms with Crippen LogP contribution < -0.4 is 5.32 Å². The van der Waals surface area contributed by atoms with Gasteiger partial charge in [0.25, 0.3) is 0 Å². The molecule has 0 atom stereocenters. The highest BCUT2D eigenvalue weighted by molar-refractivity contribution is 4.97. The molecule has 2 aliphatic rings. The van der Waals surface area contributed by atoms with Crippen molar-refractivity contribution in [2.24, 2.45) is 0 Å². The molecule has 0 aromatic carbocycles. The van der Waals surface area contributed by atoms with Crippen LogP contribution in [0.15, 0.2) is 12.2 Å². The van der Waals surface area contributed by atoms with Crippen LogP contribution in [0.1, 0.15) is 45.4 Å². The van der Waals surface area contributed by atoms with Crippen molar-refractivity contribution in [1.82, 2.24) is 10.2 Å². The number of hydrogen-bond donors (Lipinski definition) is 1. The van der Waals surface area contributed by atoms with E-state index in [0.717, 1.165) is 0 Å². The van der Waals surface area contributed by atoms with Crippen molar-refractivity contribution in [2.75, 3.05) is 26.2 Å². The van der Waals surface area contributed by atoms with Crippen LogP contribution in [-0.2, 0) is 0 Å². The summed E-state index contributed by atoms with van der Waals surface area (Å²) in [6, 6.07) is 0. The van der Waals surface area contributed by atoms with Crippen molar-refractivity contribution in [1.29, 1.82) is 0 Å². The van der Waals surface area contributed by atoms with E-state index in [1.807, 2.05) is 0 Å². The maximum absolute atomic E-state index is 3.80. The molecule has 1 aliphatic carbocycles. The average molecular weight is 222 g/mol. The number of hydrogen-bond acceptors (Lipinski definition) is 2. The Balaban J connectivity index is 1.82. The lowest BCUT2D eigenvalue weighted by Crippen LogP contribution is -2.61. The minimum absolute atomic E-state index is 0.479. The summed E-state index contributed by atoms with van der Waals surface area (Å²) in [6.07, 6.45) is 12.8. The van der Waals surface area contributed by atoms with Gasteiger partial charge in [0.1, 0.15) is 0 Å². The Kier molecular flexibility index (Phi) is 4.42. The van der Waals surface area contributed by atoms with Gasteiger partial charge in [-0.15, -0.1) is 0 Å². The van der Waals surface area contributed by atoms with Crippen LogP contribution in [0.2, 0.25) is 0 Å². The molecule has 1 aliphatic heterocycles. The van der Waals surface area contributed by atoms with Gasteiger partial charge in [-0.2, -0.15) is 0 Å². The van der Waals surface area contributed by atoms with Crippen LogP contribution in [0, 0.1) is 0 Å². The van der Waals surface area contributed by atoms with E-state index in [2.05, 4.69) is 29.3 Å². The van der Waals surface area contributed by atoms with Gasteiger partial charge < -0.3 is 5.32 Å². The summed E-state index contributed by atoms with van der Waals surface area (Å²) in [5.74, 6) is 0. The molecule has 1 spiro atoms. The zero-order valence-corrected chi connectivity index (χ0v) is 10.7. The second kappa shape index (κ2) is 5.83. The lowest BCUT2D eigenvalue weighted by molar-refractivity contribution is 0.101.